The normalized spacial score (nSPS) is 10.1. The summed E-state index contributed by atoms with van der Waals surface area (Å²) in [5.74, 6) is -0.774. The molecule has 0 fully saturated rings. The van der Waals surface area contributed by atoms with Gasteiger partial charge in [-0.15, -0.1) is 17.9 Å². The van der Waals surface area contributed by atoms with Crippen LogP contribution in [0.15, 0.2) is 49.1 Å². The van der Waals surface area contributed by atoms with Gasteiger partial charge in [-0.25, -0.2) is 0 Å². The van der Waals surface area contributed by atoms with Gasteiger partial charge >= 0.3 is 0 Å². The van der Waals surface area contributed by atoms with Crippen molar-refractivity contribution < 1.29 is 14.4 Å². The summed E-state index contributed by atoms with van der Waals surface area (Å²) in [5.41, 5.74) is 0.759. The number of amides is 2. The molecule has 0 spiro atoms. The van der Waals surface area contributed by atoms with E-state index in [2.05, 4.69) is 17.2 Å². The lowest BCUT2D eigenvalue weighted by Crippen LogP contribution is -2.25. The molecule has 1 heterocycles. The SMILES string of the molecule is C=CCNC(=O)c1ccccc1NC(=O)CCC(=O)c1ccc(Cl)s1. The molecule has 0 atom stereocenters. The van der Waals surface area contributed by atoms with E-state index in [9.17, 15) is 14.4 Å². The van der Waals surface area contributed by atoms with Crippen LogP contribution in [0.5, 0.6) is 0 Å². The van der Waals surface area contributed by atoms with Crippen LogP contribution in [0.3, 0.4) is 0 Å². The molecular weight excluding hydrogens is 360 g/mol. The second-order valence-electron chi connectivity index (χ2n) is 5.12. The molecule has 2 N–H and O–H groups in total. The quantitative estimate of drug-likeness (QED) is 0.541. The summed E-state index contributed by atoms with van der Waals surface area (Å²) in [6, 6.07) is 9.99. The number of ketones is 1. The first-order chi connectivity index (χ1) is 12.0. The highest BCUT2D eigenvalue weighted by atomic mass is 35.5. The standard InChI is InChI=1S/C18H17ClN2O3S/c1-2-11-20-18(24)12-5-3-4-6-13(12)21-17(23)10-7-14(22)15-8-9-16(19)25-15/h2-6,8-9H,1,7,10-11H2,(H,20,24)(H,21,23). The van der Waals surface area contributed by atoms with E-state index >= 15 is 0 Å². The predicted molar refractivity (Wildman–Crippen MR) is 100 cm³/mol. The zero-order valence-corrected chi connectivity index (χ0v) is 15.0. The van der Waals surface area contributed by atoms with Crippen LogP contribution in [0.4, 0.5) is 5.69 Å². The van der Waals surface area contributed by atoms with Crippen LogP contribution in [0, 0.1) is 0 Å². The Morgan fingerprint density at radius 3 is 2.56 bits per heavy atom. The van der Waals surface area contributed by atoms with Crippen molar-refractivity contribution in [2.45, 2.75) is 12.8 Å². The van der Waals surface area contributed by atoms with E-state index in [0.29, 0.717) is 27.0 Å². The van der Waals surface area contributed by atoms with Gasteiger partial charge in [-0.1, -0.05) is 29.8 Å². The van der Waals surface area contributed by atoms with Crippen molar-refractivity contribution >= 4 is 46.2 Å². The van der Waals surface area contributed by atoms with E-state index in [4.69, 9.17) is 11.6 Å². The molecule has 7 heteroatoms. The van der Waals surface area contributed by atoms with Gasteiger partial charge in [-0.05, 0) is 24.3 Å². The highest BCUT2D eigenvalue weighted by molar-refractivity contribution is 7.18. The van der Waals surface area contributed by atoms with Gasteiger partial charge in [0.15, 0.2) is 5.78 Å². The second-order valence-corrected chi connectivity index (χ2v) is 6.83. The highest BCUT2D eigenvalue weighted by Gasteiger charge is 2.15. The van der Waals surface area contributed by atoms with Crippen molar-refractivity contribution in [3.05, 3.63) is 63.8 Å². The molecule has 0 saturated carbocycles. The van der Waals surface area contributed by atoms with E-state index in [-0.39, 0.29) is 30.4 Å². The fraction of sp³-hybridized carbons (Fsp3) is 0.167. The maximum Gasteiger partial charge on any atom is 0.253 e. The van der Waals surface area contributed by atoms with Crippen LogP contribution in [0.1, 0.15) is 32.9 Å². The first-order valence-electron chi connectivity index (χ1n) is 7.57. The van der Waals surface area contributed by atoms with Crippen LogP contribution in [0.25, 0.3) is 0 Å². The van der Waals surface area contributed by atoms with Gasteiger partial charge in [0.1, 0.15) is 0 Å². The summed E-state index contributed by atoms with van der Waals surface area (Å²) < 4.78 is 0.535. The van der Waals surface area contributed by atoms with E-state index in [1.807, 2.05) is 0 Å². The lowest BCUT2D eigenvalue weighted by atomic mass is 10.1. The average Bonchev–Trinajstić information content (AvgIpc) is 3.04. The van der Waals surface area contributed by atoms with E-state index in [0.717, 1.165) is 0 Å². The Balaban J connectivity index is 1.95. The molecule has 1 aromatic heterocycles. The third kappa shape index (κ3) is 5.55. The maximum atomic E-state index is 12.1. The summed E-state index contributed by atoms with van der Waals surface area (Å²) in [5, 5.41) is 5.34. The molecular formula is C18H17ClN2O3S. The van der Waals surface area contributed by atoms with Crippen LogP contribution < -0.4 is 10.6 Å². The Kier molecular flexibility index (Phi) is 6.91. The number of anilines is 1. The zero-order valence-electron chi connectivity index (χ0n) is 13.4. The Labute approximate surface area is 154 Å². The summed E-state index contributed by atoms with van der Waals surface area (Å²) >= 11 is 6.99. The minimum absolute atomic E-state index is 0.0248. The van der Waals surface area contributed by atoms with E-state index in [1.54, 1.807) is 42.5 Å². The maximum absolute atomic E-state index is 12.1. The zero-order chi connectivity index (χ0) is 18.2. The minimum Gasteiger partial charge on any atom is -0.349 e. The Morgan fingerprint density at radius 2 is 1.88 bits per heavy atom. The first-order valence-corrected chi connectivity index (χ1v) is 8.77. The number of carbonyl (C=O) groups is 3. The van der Waals surface area contributed by atoms with Crippen molar-refractivity contribution in [2.75, 3.05) is 11.9 Å². The van der Waals surface area contributed by atoms with Crippen molar-refractivity contribution in [3.8, 4) is 0 Å². The number of hydrogen-bond acceptors (Lipinski definition) is 4. The number of hydrogen-bond donors (Lipinski definition) is 2. The van der Waals surface area contributed by atoms with Gasteiger partial charge in [0.2, 0.25) is 5.91 Å². The fourth-order valence-corrected chi connectivity index (χ4v) is 3.09. The first kappa shape index (κ1) is 18.9. The van der Waals surface area contributed by atoms with Gasteiger partial charge in [0.25, 0.3) is 5.91 Å². The fourth-order valence-electron chi connectivity index (χ4n) is 2.08. The van der Waals surface area contributed by atoms with Crippen LogP contribution in [-0.4, -0.2) is 24.1 Å². The van der Waals surface area contributed by atoms with Gasteiger partial charge in [-0.3, -0.25) is 14.4 Å². The number of rotatable bonds is 8. The molecule has 2 amide bonds. The third-order valence-electron chi connectivity index (χ3n) is 3.28. The van der Waals surface area contributed by atoms with Crippen LogP contribution in [0.2, 0.25) is 4.34 Å². The summed E-state index contributed by atoms with van der Waals surface area (Å²) in [4.78, 5) is 36.7. The minimum atomic E-state index is -0.333. The summed E-state index contributed by atoms with van der Waals surface area (Å²) in [6.07, 6.45) is 1.67. The molecule has 0 bridgehead atoms. The number of benzene rings is 1. The van der Waals surface area contributed by atoms with E-state index in [1.165, 1.54) is 11.3 Å². The van der Waals surface area contributed by atoms with Crippen molar-refractivity contribution in [1.29, 1.82) is 0 Å². The molecule has 130 valence electrons. The van der Waals surface area contributed by atoms with E-state index < -0.39 is 0 Å². The monoisotopic (exact) mass is 376 g/mol. The molecule has 0 saturated heterocycles. The van der Waals surface area contributed by atoms with Gasteiger partial charge in [-0.2, -0.15) is 0 Å². The number of carbonyl (C=O) groups excluding carboxylic acids is 3. The topological polar surface area (TPSA) is 75.3 Å². The molecule has 0 aliphatic heterocycles. The molecule has 0 aliphatic rings. The number of para-hydroxylation sites is 1. The molecule has 0 unspecified atom stereocenters. The molecule has 2 rings (SSSR count). The highest BCUT2D eigenvalue weighted by Crippen LogP contribution is 2.23. The Morgan fingerprint density at radius 1 is 1.12 bits per heavy atom. The third-order valence-corrected chi connectivity index (χ3v) is 4.55. The second kappa shape index (κ2) is 9.15. The van der Waals surface area contributed by atoms with Gasteiger partial charge in [0.05, 0.1) is 20.5 Å². The van der Waals surface area contributed by atoms with Crippen molar-refractivity contribution in [1.82, 2.24) is 5.32 Å². The van der Waals surface area contributed by atoms with Gasteiger partial charge < -0.3 is 10.6 Å². The number of Topliss-reactive ketones (excluding diaryl/α,β-unsaturated/α-hetero) is 1. The Hall–Kier alpha value is -2.44. The predicted octanol–water partition coefficient (Wildman–Crippen LogP) is 3.92. The molecule has 5 nitrogen and oxygen atoms in total. The molecule has 0 aliphatic carbocycles. The molecule has 2 aromatic rings. The van der Waals surface area contributed by atoms with Crippen LogP contribution >= 0.6 is 22.9 Å². The molecule has 25 heavy (non-hydrogen) atoms. The molecule has 1 aromatic carbocycles. The van der Waals surface area contributed by atoms with Gasteiger partial charge in [0, 0.05) is 19.4 Å². The summed E-state index contributed by atoms with van der Waals surface area (Å²) in [7, 11) is 0. The van der Waals surface area contributed by atoms with Crippen molar-refractivity contribution in [3.63, 3.8) is 0 Å². The lowest BCUT2D eigenvalue weighted by molar-refractivity contribution is -0.116. The average molecular weight is 377 g/mol. The van der Waals surface area contributed by atoms with Crippen LogP contribution in [-0.2, 0) is 4.79 Å². The van der Waals surface area contributed by atoms with Crippen molar-refractivity contribution in [2.24, 2.45) is 0 Å². The summed E-state index contributed by atoms with van der Waals surface area (Å²) in [6.45, 7) is 3.87. The largest absolute Gasteiger partial charge is 0.349 e. The smallest absolute Gasteiger partial charge is 0.253 e. The molecule has 0 radical (unpaired) electrons. The number of nitrogens with one attached hydrogen (secondary N) is 2. The number of halogens is 1. The lowest BCUT2D eigenvalue weighted by Gasteiger charge is -2.10. The number of thiophene rings is 1. The Bertz CT molecular complexity index is 801.